The molecule has 1 N–H and O–H groups in total. The molecule has 1 aromatic rings. The van der Waals surface area contributed by atoms with Crippen LogP contribution in [0.4, 0.5) is 10.5 Å². The molecule has 0 saturated heterocycles. The molecule has 0 unspecified atom stereocenters. The van der Waals surface area contributed by atoms with Crippen molar-refractivity contribution < 1.29 is 9.53 Å². The zero-order valence-corrected chi connectivity index (χ0v) is 6.89. The van der Waals surface area contributed by atoms with Crippen LogP contribution in [-0.2, 0) is 11.3 Å². The van der Waals surface area contributed by atoms with E-state index in [1.54, 1.807) is 12.1 Å². The second kappa shape index (κ2) is 2.68. The Labute approximate surface area is 74.3 Å². The van der Waals surface area contributed by atoms with Crippen LogP contribution in [0.2, 0.25) is 5.02 Å². The molecule has 0 aliphatic carbocycles. The Morgan fingerprint density at radius 2 is 2.33 bits per heavy atom. The Balaban J connectivity index is 2.50. The summed E-state index contributed by atoms with van der Waals surface area (Å²) >= 11 is 5.84. The molecule has 0 fully saturated rings. The summed E-state index contributed by atoms with van der Waals surface area (Å²) < 4.78 is 4.80. The van der Waals surface area contributed by atoms with E-state index in [4.69, 9.17) is 16.3 Å². The van der Waals surface area contributed by atoms with Crippen LogP contribution in [0.5, 0.6) is 0 Å². The van der Waals surface area contributed by atoms with Crippen molar-refractivity contribution in [2.24, 2.45) is 0 Å². The number of ether oxygens (including phenoxy) is 1. The number of rotatable bonds is 0. The van der Waals surface area contributed by atoms with Crippen molar-refractivity contribution >= 4 is 23.4 Å². The highest BCUT2D eigenvalue weighted by molar-refractivity contribution is 6.33. The summed E-state index contributed by atoms with van der Waals surface area (Å²) in [6.45, 7) is 0.270. The Morgan fingerprint density at radius 1 is 1.50 bits per heavy atom. The number of fused-ring (bicyclic) bond motifs is 5. The van der Waals surface area contributed by atoms with E-state index in [1.807, 2.05) is 6.07 Å². The van der Waals surface area contributed by atoms with Gasteiger partial charge in [-0.1, -0.05) is 17.7 Å². The molecule has 0 spiro atoms. The summed E-state index contributed by atoms with van der Waals surface area (Å²) in [6, 6.07) is 5.40. The van der Waals surface area contributed by atoms with Crippen molar-refractivity contribution in [2.45, 2.75) is 6.61 Å². The summed E-state index contributed by atoms with van der Waals surface area (Å²) in [5.41, 5.74) is 1.49. The molecule has 0 radical (unpaired) electrons. The molecule has 2 bridgehead atoms. The van der Waals surface area contributed by atoms with E-state index in [0.29, 0.717) is 10.7 Å². The van der Waals surface area contributed by atoms with Crippen LogP contribution in [0.25, 0.3) is 0 Å². The standard InChI is InChI=1S/C8H6ClNO2/c9-6-3-5-1-2-7(6)10-8(11)12-4-5/h1-3H,4H2,(H,10,11). The highest BCUT2D eigenvalue weighted by Crippen LogP contribution is 2.25. The Kier molecular flexibility index (Phi) is 1.66. The Hall–Kier alpha value is -1.22. The van der Waals surface area contributed by atoms with E-state index < -0.39 is 6.09 Å². The fraction of sp³-hybridized carbons (Fsp3) is 0.125. The summed E-state index contributed by atoms with van der Waals surface area (Å²) in [5.74, 6) is 0. The molecule has 62 valence electrons. The van der Waals surface area contributed by atoms with Gasteiger partial charge in [0.1, 0.15) is 6.61 Å². The van der Waals surface area contributed by atoms with Crippen LogP contribution < -0.4 is 5.32 Å². The molecule has 4 heteroatoms. The Bertz CT molecular complexity index is 338. The second-order valence-corrected chi connectivity index (χ2v) is 2.92. The zero-order chi connectivity index (χ0) is 8.55. The van der Waals surface area contributed by atoms with Gasteiger partial charge in [-0.05, 0) is 17.7 Å². The van der Waals surface area contributed by atoms with Crippen LogP contribution in [0.3, 0.4) is 0 Å². The van der Waals surface area contributed by atoms with Crippen LogP contribution >= 0.6 is 11.6 Å². The third-order valence-corrected chi connectivity index (χ3v) is 1.95. The van der Waals surface area contributed by atoms with Gasteiger partial charge in [-0.25, -0.2) is 4.79 Å². The van der Waals surface area contributed by atoms with Crippen LogP contribution in [-0.4, -0.2) is 6.09 Å². The molecule has 0 aromatic heterocycles. The van der Waals surface area contributed by atoms with Gasteiger partial charge in [0, 0.05) is 0 Å². The van der Waals surface area contributed by atoms with Gasteiger partial charge in [-0.15, -0.1) is 0 Å². The van der Waals surface area contributed by atoms with Crippen LogP contribution in [0.15, 0.2) is 18.2 Å². The summed E-state index contributed by atoms with van der Waals surface area (Å²) in [6.07, 6.45) is -0.460. The average Bonchev–Trinajstić information content (AvgIpc) is 2.02. The molecule has 0 atom stereocenters. The maximum absolute atomic E-state index is 10.9. The number of hydrogen-bond donors (Lipinski definition) is 1. The van der Waals surface area contributed by atoms with Crippen molar-refractivity contribution in [1.82, 2.24) is 0 Å². The quantitative estimate of drug-likeness (QED) is 0.671. The SMILES string of the molecule is O=C1Nc2ccc(cc2Cl)CO1. The van der Waals surface area contributed by atoms with Gasteiger partial charge < -0.3 is 4.74 Å². The molecular formula is C8H6ClNO2. The Morgan fingerprint density at radius 3 is 3.08 bits per heavy atom. The van der Waals surface area contributed by atoms with Gasteiger partial charge in [0.25, 0.3) is 0 Å². The smallest absolute Gasteiger partial charge is 0.412 e. The fourth-order valence-electron chi connectivity index (χ4n) is 1.04. The lowest BCUT2D eigenvalue weighted by Crippen LogP contribution is -2.16. The largest absolute Gasteiger partial charge is 0.444 e. The van der Waals surface area contributed by atoms with E-state index >= 15 is 0 Å². The lowest BCUT2D eigenvalue weighted by molar-refractivity contribution is 0.154. The molecule has 2 heterocycles. The number of carbonyl (C=O) groups is 1. The minimum absolute atomic E-state index is 0.270. The molecule has 2 aliphatic rings. The maximum atomic E-state index is 10.9. The normalized spacial score (nSPS) is 14.6. The highest BCUT2D eigenvalue weighted by Gasteiger charge is 2.11. The third kappa shape index (κ3) is 1.23. The predicted octanol–water partition coefficient (Wildman–Crippen LogP) is 2.40. The van der Waals surface area contributed by atoms with Gasteiger partial charge in [0.15, 0.2) is 0 Å². The maximum Gasteiger partial charge on any atom is 0.412 e. The van der Waals surface area contributed by atoms with E-state index in [9.17, 15) is 4.79 Å². The van der Waals surface area contributed by atoms with E-state index in [2.05, 4.69) is 5.32 Å². The topological polar surface area (TPSA) is 38.3 Å². The molecule has 1 amide bonds. The fourth-order valence-corrected chi connectivity index (χ4v) is 1.30. The first-order chi connectivity index (χ1) is 5.75. The molecule has 3 nitrogen and oxygen atoms in total. The number of nitrogens with one attached hydrogen (secondary N) is 1. The van der Waals surface area contributed by atoms with Crippen molar-refractivity contribution in [3.63, 3.8) is 0 Å². The molecule has 0 saturated carbocycles. The molecule has 2 aliphatic heterocycles. The number of carbonyl (C=O) groups excluding carboxylic acids is 1. The van der Waals surface area contributed by atoms with E-state index in [0.717, 1.165) is 5.56 Å². The van der Waals surface area contributed by atoms with Gasteiger partial charge in [0.2, 0.25) is 0 Å². The monoisotopic (exact) mass is 183 g/mol. The van der Waals surface area contributed by atoms with Crippen molar-refractivity contribution in [1.29, 1.82) is 0 Å². The molecule has 3 rings (SSSR count). The first kappa shape index (κ1) is 7.43. The lowest BCUT2D eigenvalue weighted by Gasteiger charge is -2.13. The summed E-state index contributed by atoms with van der Waals surface area (Å²) in [7, 11) is 0. The zero-order valence-electron chi connectivity index (χ0n) is 6.13. The van der Waals surface area contributed by atoms with Gasteiger partial charge >= 0.3 is 6.09 Å². The van der Waals surface area contributed by atoms with Crippen LogP contribution in [0.1, 0.15) is 5.56 Å². The van der Waals surface area contributed by atoms with Crippen molar-refractivity contribution in [3.05, 3.63) is 28.8 Å². The number of halogens is 1. The van der Waals surface area contributed by atoms with Crippen molar-refractivity contribution in [3.8, 4) is 0 Å². The number of anilines is 1. The first-order valence-electron chi connectivity index (χ1n) is 3.48. The summed E-state index contributed by atoms with van der Waals surface area (Å²) in [5, 5.41) is 3.06. The minimum Gasteiger partial charge on any atom is -0.444 e. The van der Waals surface area contributed by atoms with Gasteiger partial charge in [0.05, 0.1) is 10.7 Å². The first-order valence-corrected chi connectivity index (χ1v) is 3.86. The van der Waals surface area contributed by atoms with E-state index in [1.165, 1.54) is 0 Å². The van der Waals surface area contributed by atoms with E-state index in [-0.39, 0.29) is 6.61 Å². The van der Waals surface area contributed by atoms with Crippen molar-refractivity contribution in [2.75, 3.05) is 5.32 Å². The molecule has 12 heavy (non-hydrogen) atoms. The third-order valence-electron chi connectivity index (χ3n) is 1.64. The molecular weight excluding hydrogens is 178 g/mol. The molecule has 1 aromatic carbocycles. The number of hydrogen-bond acceptors (Lipinski definition) is 2. The van der Waals surface area contributed by atoms with Gasteiger partial charge in [-0.2, -0.15) is 0 Å². The van der Waals surface area contributed by atoms with Crippen LogP contribution in [0, 0.1) is 0 Å². The number of amides is 1. The average molecular weight is 184 g/mol. The van der Waals surface area contributed by atoms with Gasteiger partial charge in [-0.3, -0.25) is 5.32 Å². The highest BCUT2D eigenvalue weighted by atomic mass is 35.5. The second-order valence-electron chi connectivity index (χ2n) is 2.52. The lowest BCUT2D eigenvalue weighted by atomic mass is 10.2. The minimum atomic E-state index is -0.460. The summed E-state index contributed by atoms with van der Waals surface area (Å²) in [4.78, 5) is 10.9. The predicted molar refractivity (Wildman–Crippen MR) is 45.3 cm³/mol. The number of benzene rings is 1.